The molecule has 5 nitrogen and oxygen atoms in total. The molecule has 1 aliphatic carbocycles. The molecule has 1 aromatic heterocycles. The van der Waals surface area contributed by atoms with Crippen molar-refractivity contribution in [3.8, 4) is 5.88 Å². The molecule has 1 heterocycles. The molecule has 1 atom stereocenters. The summed E-state index contributed by atoms with van der Waals surface area (Å²) in [7, 11) is 0. The molecular weight excluding hydrogens is 299 g/mol. The lowest BCUT2D eigenvalue weighted by Gasteiger charge is -2.12. The summed E-state index contributed by atoms with van der Waals surface area (Å²) in [6.07, 6.45) is -0.197. The molecule has 1 aliphatic rings. The van der Waals surface area contributed by atoms with E-state index in [9.17, 15) is 18.0 Å². The molecule has 0 aliphatic heterocycles. The van der Waals surface area contributed by atoms with Crippen molar-refractivity contribution >= 4 is 6.03 Å². The quantitative estimate of drug-likeness (QED) is 0.760. The maximum atomic E-state index is 12.7. The van der Waals surface area contributed by atoms with Gasteiger partial charge in [-0.25, -0.2) is 22.9 Å². The SMILES string of the molecule is O=C(NCc1ccnc(OCC(F)CF)c1)NC1=C=C(F)C1.[HH].[HH]. The van der Waals surface area contributed by atoms with Crippen LogP contribution in [0.1, 0.15) is 14.8 Å². The van der Waals surface area contributed by atoms with Crippen molar-refractivity contribution in [3.05, 3.63) is 41.1 Å². The summed E-state index contributed by atoms with van der Waals surface area (Å²) in [5.41, 5.74) is 3.36. The Morgan fingerprint density at radius 3 is 3.05 bits per heavy atom. The van der Waals surface area contributed by atoms with Crippen LogP contribution in [-0.4, -0.2) is 30.5 Å². The van der Waals surface area contributed by atoms with Crippen LogP contribution in [-0.2, 0) is 6.54 Å². The van der Waals surface area contributed by atoms with E-state index in [-0.39, 0.29) is 21.7 Å². The Bertz CT molecular complexity index is 625. The second-order valence-corrected chi connectivity index (χ2v) is 4.56. The van der Waals surface area contributed by atoms with E-state index in [0.29, 0.717) is 11.3 Å². The summed E-state index contributed by atoms with van der Waals surface area (Å²) in [6.45, 7) is -1.37. The van der Waals surface area contributed by atoms with Crippen molar-refractivity contribution in [1.29, 1.82) is 0 Å². The molecule has 2 rings (SSSR count). The molecular formula is C14H18F3N3O2. The molecule has 0 bridgehead atoms. The van der Waals surface area contributed by atoms with Crippen molar-refractivity contribution in [3.63, 3.8) is 0 Å². The Morgan fingerprint density at radius 2 is 2.36 bits per heavy atom. The van der Waals surface area contributed by atoms with Crippen LogP contribution in [0.4, 0.5) is 18.0 Å². The van der Waals surface area contributed by atoms with E-state index in [4.69, 9.17) is 4.74 Å². The van der Waals surface area contributed by atoms with Gasteiger partial charge >= 0.3 is 6.03 Å². The van der Waals surface area contributed by atoms with E-state index < -0.39 is 31.3 Å². The summed E-state index contributed by atoms with van der Waals surface area (Å²) in [5.74, 6) is -0.256. The fourth-order valence-corrected chi connectivity index (χ4v) is 1.60. The molecule has 1 aromatic rings. The number of hydrogen-bond acceptors (Lipinski definition) is 3. The summed E-state index contributed by atoms with van der Waals surface area (Å²) in [6, 6.07) is 2.65. The second kappa shape index (κ2) is 7.51. The van der Waals surface area contributed by atoms with E-state index in [1.165, 1.54) is 12.3 Å². The van der Waals surface area contributed by atoms with Crippen molar-refractivity contribution in [2.24, 2.45) is 0 Å². The van der Waals surface area contributed by atoms with Gasteiger partial charge in [0.2, 0.25) is 5.88 Å². The Morgan fingerprint density at radius 1 is 1.59 bits per heavy atom. The van der Waals surface area contributed by atoms with Gasteiger partial charge in [-0.3, -0.25) is 0 Å². The highest BCUT2D eigenvalue weighted by atomic mass is 19.2. The van der Waals surface area contributed by atoms with E-state index in [1.54, 1.807) is 6.07 Å². The molecule has 1 unspecified atom stereocenters. The molecule has 0 spiro atoms. The number of alkyl halides is 2. The van der Waals surface area contributed by atoms with Crippen molar-refractivity contribution in [1.82, 2.24) is 15.6 Å². The van der Waals surface area contributed by atoms with Crippen molar-refractivity contribution in [2.45, 2.75) is 19.1 Å². The molecule has 2 amide bonds. The lowest BCUT2D eigenvalue weighted by molar-refractivity contribution is 0.162. The number of pyridine rings is 1. The van der Waals surface area contributed by atoms with Gasteiger partial charge in [0.1, 0.15) is 13.3 Å². The largest absolute Gasteiger partial charge is 0.474 e. The average molecular weight is 317 g/mol. The number of ether oxygens (including phenoxy) is 1. The number of rotatable bonds is 7. The van der Waals surface area contributed by atoms with E-state index >= 15 is 0 Å². The van der Waals surface area contributed by atoms with Crippen LogP contribution in [0, 0.1) is 0 Å². The Balaban J connectivity index is 0.00000264. The number of aromatic nitrogens is 1. The first-order valence-corrected chi connectivity index (χ1v) is 6.53. The number of carbonyl (C=O) groups is 1. The third-order valence-corrected chi connectivity index (χ3v) is 2.71. The van der Waals surface area contributed by atoms with Gasteiger partial charge in [0.15, 0.2) is 12.0 Å². The lowest BCUT2D eigenvalue weighted by atomic mass is 10.2. The molecule has 8 heteroatoms. The number of carbonyl (C=O) groups excluding carboxylic acids is 1. The van der Waals surface area contributed by atoms with Gasteiger partial charge < -0.3 is 15.4 Å². The maximum Gasteiger partial charge on any atom is 0.319 e. The van der Waals surface area contributed by atoms with Gasteiger partial charge in [-0.05, 0) is 11.6 Å². The number of nitrogens with one attached hydrogen (secondary N) is 2. The van der Waals surface area contributed by atoms with Gasteiger partial charge in [0, 0.05) is 21.7 Å². The number of nitrogens with zero attached hydrogens (tertiary/aromatic N) is 1. The summed E-state index contributed by atoms with van der Waals surface area (Å²) < 4.78 is 42.1. The number of halogens is 3. The van der Waals surface area contributed by atoms with Gasteiger partial charge in [0.25, 0.3) is 0 Å². The van der Waals surface area contributed by atoms with Crippen LogP contribution in [0.2, 0.25) is 0 Å². The van der Waals surface area contributed by atoms with Crippen molar-refractivity contribution in [2.75, 3.05) is 13.3 Å². The van der Waals surface area contributed by atoms with Gasteiger partial charge in [0.05, 0.1) is 12.1 Å². The molecule has 0 fully saturated rings. The minimum atomic E-state index is -1.70. The Labute approximate surface area is 127 Å². The van der Waals surface area contributed by atoms with E-state index in [0.717, 1.165) is 0 Å². The third-order valence-electron chi connectivity index (χ3n) is 2.71. The molecule has 0 radical (unpaired) electrons. The van der Waals surface area contributed by atoms with Crippen LogP contribution < -0.4 is 15.4 Å². The highest BCUT2D eigenvalue weighted by Gasteiger charge is 2.13. The first-order valence-electron chi connectivity index (χ1n) is 6.53. The predicted molar refractivity (Wildman–Crippen MR) is 76.5 cm³/mol. The fraction of sp³-hybridized carbons (Fsp3) is 0.357. The predicted octanol–water partition coefficient (Wildman–Crippen LogP) is 2.80. The molecule has 0 saturated heterocycles. The minimum absolute atomic E-state index is 0. The zero-order chi connectivity index (χ0) is 15.9. The van der Waals surface area contributed by atoms with Crippen LogP contribution in [0.3, 0.4) is 0 Å². The summed E-state index contributed by atoms with van der Waals surface area (Å²) >= 11 is 0. The standard InChI is InChI=1S/C14H14F3N3O2.2H2/c15-6-11(17)8-22-13-3-9(1-2-18-13)7-19-14(21)20-12-4-10(16)5-12;;/h1-3,11H,4,6-8H2,(H2,19,20,21);2*1H. The van der Waals surface area contributed by atoms with Crippen LogP contribution in [0.5, 0.6) is 5.88 Å². The first kappa shape index (κ1) is 15.9. The van der Waals surface area contributed by atoms with Gasteiger partial charge in [-0.15, -0.1) is 0 Å². The van der Waals surface area contributed by atoms with Crippen LogP contribution >= 0.6 is 0 Å². The molecule has 0 aromatic carbocycles. The highest BCUT2D eigenvalue weighted by molar-refractivity contribution is 5.76. The average Bonchev–Trinajstić information content (AvgIpc) is 2.49. The number of hydrogen-bond donors (Lipinski definition) is 2. The Kier molecular flexibility index (Phi) is 5.43. The molecule has 22 heavy (non-hydrogen) atoms. The minimum Gasteiger partial charge on any atom is -0.474 e. The fourth-order valence-electron chi connectivity index (χ4n) is 1.60. The highest BCUT2D eigenvalue weighted by Crippen LogP contribution is 2.17. The number of urea groups is 1. The topological polar surface area (TPSA) is 63.2 Å². The van der Waals surface area contributed by atoms with Gasteiger partial charge in [-0.1, -0.05) is 5.73 Å². The number of amides is 2. The van der Waals surface area contributed by atoms with E-state index in [1.807, 2.05) is 0 Å². The van der Waals surface area contributed by atoms with Crippen LogP contribution in [0.15, 0.2) is 35.6 Å². The molecule has 2 N–H and O–H groups in total. The smallest absolute Gasteiger partial charge is 0.319 e. The second-order valence-electron chi connectivity index (χ2n) is 4.56. The normalized spacial score (nSPS) is 14.3. The van der Waals surface area contributed by atoms with Crippen LogP contribution in [0.25, 0.3) is 0 Å². The summed E-state index contributed by atoms with van der Waals surface area (Å²) in [4.78, 5) is 15.4. The van der Waals surface area contributed by atoms with Crippen molar-refractivity contribution < 1.29 is 25.6 Å². The lowest BCUT2D eigenvalue weighted by Crippen LogP contribution is -2.35. The van der Waals surface area contributed by atoms with Gasteiger partial charge in [-0.2, -0.15) is 0 Å². The molecule has 0 saturated carbocycles. The van der Waals surface area contributed by atoms with E-state index in [2.05, 4.69) is 21.3 Å². The monoisotopic (exact) mass is 317 g/mol. The maximum absolute atomic E-state index is 12.7. The zero-order valence-corrected chi connectivity index (χ0v) is 11.5. The first-order chi connectivity index (χ1) is 10.6. The molecule has 122 valence electrons. The zero-order valence-electron chi connectivity index (χ0n) is 11.5. The summed E-state index contributed by atoms with van der Waals surface area (Å²) in [5, 5.41) is 4.99. The Hall–Kier alpha value is -2.47. The third kappa shape index (κ3) is 4.82.